The highest BCUT2D eigenvalue weighted by Gasteiger charge is 2.75. The van der Waals surface area contributed by atoms with Gasteiger partial charge in [-0.1, -0.05) is 47.3 Å². The molecule has 0 radical (unpaired) electrons. The van der Waals surface area contributed by atoms with Crippen molar-refractivity contribution in [2.45, 2.75) is 60.2 Å². The first kappa shape index (κ1) is 20.7. The first-order valence-corrected chi connectivity index (χ1v) is 12.6. The molecule has 1 aliphatic heterocycles. The molecule has 0 spiro atoms. The first-order valence-electron chi connectivity index (χ1n) is 11.5. The number of amides is 1. The van der Waals surface area contributed by atoms with E-state index in [0.717, 1.165) is 24.6 Å². The van der Waals surface area contributed by atoms with Crippen molar-refractivity contribution in [1.29, 1.82) is 0 Å². The van der Waals surface area contributed by atoms with Crippen LogP contribution in [0.4, 0.5) is 4.79 Å². The predicted octanol–water partition coefficient (Wildman–Crippen LogP) is 5.90. The number of fused-ring (bicyclic) bond motifs is 1. The number of rotatable bonds is 2. The fourth-order valence-corrected chi connectivity index (χ4v) is 9.06. The number of benzene rings is 1. The summed E-state index contributed by atoms with van der Waals surface area (Å²) in [6.07, 6.45) is 8.18. The monoisotopic (exact) mass is 483 g/mol. The highest BCUT2D eigenvalue weighted by atomic mass is 35.6. The number of halogens is 3. The van der Waals surface area contributed by atoms with Crippen LogP contribution in [-0.4, -0.2) is 41.1 Å². The normalized spacial score (nSPS) is 39.7. The van der Waals surface area contributed by atoms with E-state index < -0.39 is 3.79 Å². The van der Waals surface area contributed by atoms with E-state index in [1.165, 1.54) is 49.7 Å². The summed E-state index contributed by atoms with van der Waals surface area (Å²) in [4.78, 5) is 15.0. The Labute approximate surface area is 198 Å². The maximum absolute atomic E-state index is 13.0. The van der Waals surface area contributed by atoms with Crippen LogP contribution in [0.3, 0.4) is 0 Å². The molecule has 1 aromatic carbocycles. The Morgan fingerprint density at radius 1 is 1.26 bits per heavy atom. The lowest BCUT2D eigenvalue weighted by Crippen LogP contribution is -2.62. The Balaban J connectivity index is 1.41. The van der Waals surface area contributed by atoms with Gasteiger partial charge in [-0.2, -0.15) is 0 Å². The van der Waals surface area contributed by atoms with Crippen molar-refractivity contribution in [3.8, 4) is 5.75 Å². The molecule has 168 valence electrons. The minimum atomic E-state index is -1.58. The molecule has 3 saturated carbocycles. The van der Waals surface area contributed by atoms with Gasteiger partial charge in [-0.3, -0.25) is 0 Å². The number of hydrogen-bond acceptors (Lipinski definition) is 3. The van der Waals surface area contributed by atoms with E-state index in [-0.39, 0.29) is 24.2 Å². The molecule has 4 fully saturated rings. The van der Waals surface area contributed by atoms with Gasteiger partial charge in [0.1, 0.15) is 12.4 Å². The van der Waals surface area contributed by atoms with Crippen LogP contribution >= 0.6 is 34.8 Å². The Kier molecular flexibility index (Phi) is 4.57. The van der Waals surface area contributed by atoms with Gasteiger partial charge in [0.05, 0.1) is 7.11 Å². The minimum absolute atomic E-state index is 0.149. The number of likely N-dealkylation sites (tertiary alicyclic amines) is 1. The summed E-state index contributed by atoms with van der Waals surface area (Å²) >= 11 is 17.5. The fraction of sp³-hybridized carbons (Fsp3) is 0.708. The zero-order valence-corrected chi connectivity index (χ0v) is 20.0. The molecule has 31 heavy (non-hydrogen) atoms. The summed E-state index contributed by atoms with van der Waals surface area (Å²) in [6, 6.07) is 6.94. The number of ether oxygens (including phenoxy) is 2. The Bertz CT molecular complexity index is 933. The highest BCUT2D eigenvalue weighted by molar-refractivity contribution is 6.67. The average molecular weight is 485 g/mol. The van der Waals surface area contributed by atoms with Crippen molar-refractivity contribution in [3.63, 3.8) is 0 Å². The zero-order chi connectivity index (χ0) is 21.6. The third-order valence-electron chi connectivity index (χ3n) is 9.49. The van der Waals surface area contributed by atoms with Crippen LogP contribution in [0.1, 0.15) is 49.7 Å². The Hall–Kier alpha value is -0.840. The molecule has 1 heterocycles. The maximum Gasteiger partial charge on any atom is 0.410 e. The van der Waals surface area contributed by atoms with E-state index in [9.17, 15) is 4.79 Å². The third-order valence-corrected chi connectivity index (χ3v) is 9.81. The van der Waals surface area contributed by atoms with Gasteiger partial charge in [0.25, 0.3) is 0 Å². The fourth-order valence-electron chi connectivity index (χ4n) is 8.89. The largest absolute Gasteiger partial charge is 0.497 e. The number of hydrogen-bond donors (Lipinski definition) is 0. The molecule has 4 nitrogen and oxygen atoms in total. The maximum atomic E-state index is 13.0. The first-order chi connectivity index (χ1) is 14.8. The van der Waals surface area contributed by atoms with E-state index in [4.69, 9.17) is 44.3 Å². The second kappa shape index (κ2) is 6.84. The van der Waals surface area contributed by atoms with E-state index in [2.05, 4.69) is 18.2 Å². The molecule has 0 aromatic heterocycles. The van der Waals surface area contributed by atoms with Gasteiger partial charge in [0.2, 0.25) is 3.79 Å². The number of carbonyl (C=O) groups is 1. The van der Waals surface area contributed by atoms with Gasteiger partial charge in [0.15, 0.2) is 0 Å². The second-order valence-electron chi connectivity index (χ2n) is 10.4. The number of nitrogens with zero attached hydrogens (tertiary/aromatic N) is 1. The Morgan fingerprint density at radius 3 is 2.87 bits per heavy atom. The highest BCUT2D eigenvalue weighted by Crippen LogP contribution is 2.77. The van der Waals surface area contributed by atoms with Crippen LogP contribution in [0.15, 0.2) is 18.2 Å². The molecule has 1 amide bonds. The summed E-state index contributed by atoms with van der Waals surface area (Å²) in [5, 5.41) is 0. The van der Waals surface area contributed by atoms with Crippen LogP contribution in [0, 0.1) is 23.2 Å². The van der Waals surface area contributed by atoms with E-state index in [1.54, 1.807) is 7.11 Å². The van der Waals surface area contributed by atoms with Gasteiger partial charge >= 0.3 is 6.09 Å². The van der Waals surface area contributed by atoms with Crippen molar-refractivity contribution in [3.05, 3.63) is 29.3 Å². The molecule has 5 unspecified atom stereocenters. The number of methoxy groups -OCH3 is 1. The molecule has 5 aliphatic rings. The van der Waals surface area contributed by atoms with Crippen LogP contribution in [0.25, 0.3) is 0 Å². The minimum Gasteiger partial charge on any atom is -0.497 e. The van der Waals surface area contributed by atoms with Crippen molar-refractivity contribution in [1.82, 2.24) is 4.90 Å². The molecular weight excluding hydrogens is 457 g/mol. The quantitative estimate of drug-likeness (QED) is 0.491. The van der Waals surface area contributed by atoms with Crippen molar-refractivity contribution in [2.24, 2.45) is 23.2 Å². The molecule has 7 heteroatoms. The summed E-state index contributed by atoms with van der Waals surface area (Å²) < 4.78 is 9.49. The zero-order valence-electron chi connectivity index (χ0n) is 17.7. The molecule has 4 aliphatic carbocycles. The third kappa shape index (κ3) is 2.71. The Morgan fingerprint density at radius 2 is 2.10 bits per heavy atom. The molecule has 6 rings (SSSR count). The molecule has 0 N–H and O–H groups in total. The van der Waals surface area contributed by atoms with Crippen LogP contribution in [0.2, 0.25) is 0 Å². The van der Waals surface area contributed by atoms with Crippen LogP contribution < -0.4 is 4.74 Å². The number of alkyl halides is 3. The SMILES string of the molecule is COc1ccc2c(c1)C13CCCC(C2)C12CCC1C3[C@@H](CN1C(=O)OCC(Cl)(Cl)Cl)C2. The van der Waals surface area contributed by atoms with Crippen molar-refractivity contribution >= 4 is 40.9 Å². The molecule has 1 saturated heterocycles. The molecule has 1 aromatic rings. The topological polar surface area (TPSA) is 38.8 Å². The molecular formula is C24H28Cl3NO3. The van der Waals surface area contributed by atoms with E-state index >= 15 is 0 Å². The van der Waals surface area contributed by atoms with Gasteiger partial charge in [-0.05, 0) is 85.0 Å². The lowest BCUT2D eigenvalue weighted by Gasteiger charge is -2.64. The van der Waals surface area contributed by atoms with Gasteiger partial charge in [0, 0.05) is 18.0 Å². The standard InChI is InChI=1S/C24H28Cl3NO3/c1-30-17-5-4-14-9-16-3-2-7-23(18(14)10-17)20-15-11-22(16,23)8-6-19(20)28(12-15)21(29)31-13-24(25,26)27/h4-5,10,15-16,19-20H,2-3,6-9,11-13H2,1H3/t15-,16?,19?,20?,22?,23?/m1/s1. The lowest BCUT2D eigenvalue weighted by molar-refractivity contribution is -0.0690. The van der Waals surface area contributed by atoms with Gasteiger partial charge in [-0.25, -0.2) is 4.79 Å². The van der Waals surface area contributed by atoms with Crippen molar-refractivity contribution < 1.29 is 14.3 Å². The second-order valence-corrected chi connectivity index (χ2v) is 12.9. The summed E-state index contributed by atoms with van der Waals surface area (Å²) in [5.41, 5.74) is 3.54. The van der Waals surface area contributed by atoms with Crippen molar-refractivity contribution in [2.75, 3.05) is 20.3 Å². The van der Waals surface area contributed by atoms with Crippen LogP contribution in [-0.2, 0) is 16.6 Å². The van der Waals surface area contributed by atoms with E-state index in [1.807, 2.05) is 4.90 Å². The van der Waals surface area contributed by atoms with E-state index in [0.29, 0.717) is 17.3 Å². The lowest BCUT2D eigenvalue weighted by atomic mass is 9.41. The van der Waals surface area contributed by atoms with Gasteiger partial charge in [-0.15, -0.1) is 0 Å². The van der Waals surface area contributed by atoms with Crippen LogP contribution in [0.5, 0.6) is 5.75 Å². The predicted molar refractivity (Wildman–Crippen MR) is 121 cm³/mol. The molecule has 6 atom stereocenters. The van der Waals surface area contributed by atoms with Gasteiger partial charge < -0.3 is 14.4 Å². The summed E-state index contributed by atoms with van der Waals surface area (Å²) in [7, 11) is 1.75. The number of carbonyl (C=O) groups excluding carboxylic acids is 1. The average Bonchev–Trinajstić information content (AvgIpc) is 3.17. The smallest absolute Gasteiger partial charge is 0.410 e. The molecule has 4 bridgehead atoms. The summed E-state index contributed by atoms with van der Waals surface area (Å²) in [6.45, 7) is 0.551. The summed E-state index contributed by atoms with van der Waals surface area (Å²) in [5.74, 6) is 2.71.